The summed E-state index contributed by atoms with van der Waals surface area (Å²) in [5, 5.41) is 14.8. The van der Waals surface area contributed by atoms with Crippen molar-refractivity contribution in [2.75, 3.05) is 7.11 Å². The van der Waals surface area contributed by atoms with Crippen molar-refractivity contribution < 1.29 is 14.6 Å². The topological polar surface area (TPSA) is 93.0 Å². The SMILES string of the molecule is COc1cccc2c(-c3cc4nccc(C(=O)O)c4[nH]3)n(C)nc12. The molecule has 7 heteroatoms. The Hall–Kier alpha value is -3.35. The minimum atomic E-state index is -0.993. The monoisotopic (exact) mass is 322 g/mol. The molecule has 0 bridgehead atoms. The zero-order valence-corrected chi connectivity index (χ0v) is 13.1. The first kappa shape index (κ1) is 14.3. The maximum Gasteiger partial charge on any atom is 0.337 e. The van der Waals surface area contributed by atoms with Gasteiger partial charge >= 0.3 is 5.97 Å². The number of carbonyl (C=O) groups is 1. The Morgan fingerprint density at radius 1 is 1.33 bits per heavy atom. The van der Waals surface area contributed by atoms with Gasteiger partial charge in [-0.1, -0.05) is 12.1 Å². The average Bonchev–Trinajstić information content (AvgIpc) is 3.13. The maximum atomic E-state index is 11.4. The zero-order valence-electron chi connectivity index (χ0n) is 13.1. The lowest BCUT2D eigenvalue weighted by molar-refractivity contribution is 0.0699. The lowest BCUT2D eigenvalue weighted by atomic mass is 10.1. The average molecular weight is 322 g/mol. The summed E-state index contributed by atoms with van der Waals surface area (Å²) >= 11 is 0. The third kappa shape index (κ3) is 1.95. The molecule has 0 aliphatic heterocycles. The van der Waals surface area contributed by atoms with Crippen molar-refractivity contribution in [3.63, 3.8) is 0 Å². The van der Waals surface area contributed by atoms with Gasteiger partial charge in [0.15, 0.2) is 0 Å². The van der Waals surface area contributed by atoms with Gasteiger partial charge in [0.1, 0.15) is 11.3 Å². The van der Waals surface area contributed by atoms with Gasteiger partial charge in [0.05, 0.1) is 35.1 Å². The number of aromatic carboxylic acids is 1. The number of carboxylic acid groups (broad SMARTS) is 1. The number of fused-ring (bicyclic) bond motifs is 2. The van der Waals surface area contributed by atoms with E-state index in [4.69, 9.17) is 4.74 Å². The van der Waals surface area contributed by atoms with E-state index in [-0.39, 0.29) is 5.56 Å². The van der Waals surface area contributed by atoms with Crippen LogP contribution in [-0.4, -0.2) is 37.9 Å². The number of aryl methyl sites for hydroxylation is 1. The number of H-pyrrole nitrogens is 1. The summed E-state index contributed by atoms with van der Waals surface area (Å²) in [5.74, 6) is -0.304. The quantitative estimate of drug-likeness (QED) is 0.605. The van der Waals surface area contributed by atoms with Crippen LogP contribution in [0.25, 0.3) is 33.3 Å². The van der Waals surface area contributed by atoms with E-state index >= 15 is 0 Å². The summed E-state index contributed by atoms with van der Waals surface area (Å²) in [4.78, 5) is 18.8. The van der Waals surface area contributed by atoms with Gasteiger partial charge in [0.25, 0.3) is 0 Å². The van der Waals surface area contributed by atoms with Gasteiger partial charge in [-0.2, -0.15) is 5.10 Å². The van der Waals surface area contributed by atoms with E-state index in [0.717, 1.165) is 22.3 Å². The first-order valence-corrected chi connectivity index (χ1v) is 7.31. The summed E-state index contributed by atoms with van der Waals surface area (Å²) in [6.07, 6.45) is 1.49. The van der Waals surface area contributed by atoms with E-state index in [1.54, 1.807) is 11.8 Å². The number of hydrogen-bond donors (Lipinski definition) is 2. The molecule has 0 radical (unpaired) electrons. The van der Waals surface area contributed by atoms with Crippen LogP contribution in [0.1, 0.15) is 10.4 Å². The highest BCUT2D eigenvalue weighted by atomic mass is 16.5. The van der Waals surface area contributed by atoms with Crippen molar-refractivity contribution in [3.8, 4) is 17.1 Å². The Bertz CT molecular complexity index is 1090. The molecule has 0 spiro atoms. The molecule has 0 amide bonds. The Morgan fingerprint density at radius 2 is 2.17 bits per heavy atom. The minimum absolute atomic E-state index is 0.190. The molecule has 3 aromatic heterocycles. The highest BCUT2D eigenvalue weighted by Crippen LogP contribution is 2.34. The zero-order chi connectivity index (χ0) is 16.8. The molecule has 0 atom stereocenters. The molecule has 2 N–H and O–H groups in total. The molecule has 120 valence electrons. The highest BCUT2D eigenvalue weighted by Gasteiger charge is 2.18. The van der Waals surface area contributed by atoms with Crippen molar-refractivity contribution in [3.05, 3.63) is 42.1 Å². The number of rotatable bonds is 3. The number of ether oxygens (including phenoxy) is 1. The lowest BCUT2D eigenvalue weighted by Crippen LogP contribution is -1.98. The summed E-state index contributed by atoms with van der Waals surface area (Å²) in [7, 11) is 3.45. The van der Waals surface area contributed by atoms with Crippen LogP contribution in [0.15, 0.2) is 36.5 Å². The van der Waals surface area contributed by atoms with Crippen LogP contribution in [-0.2, 0) is 7.05 Å². The number of hydrogen-bond acceptors (Lipinski definition) is 4. The molecular formula is C17H14N4O3. The van der Waals surface area contributed by atoms with Gasteiger partial charge in [-0.15, -0.1) is 0 Å². The number of pyridine rings is 1. The molecule has 3 heterocycles. The molecule has 0 aliphatic rings. The molecule has 0 aliphatic carbocycles. The van der Waals surface area contributed by atoms with Crippen molar-refractivity contribution in [2.24, 2.45) is 7.05 Å². The fraction of sp³-hybridized carbons (Fsp3) is 0.118. The number of methoxy groups -OCH3 is 1. The molecule has 0 unspecified atom stereocenters. The van der Waals surface area contributed by atoms with Gasteiger partial charge < -0.3 is 14.8 Å². The van der Waals surface area contributed by atoms with Gasteiger partial charge in [-0.3, -0.25) is 9.67 Å². The predicted molar refractivity (Wildman–Crippen MR) is 89.3 cm³/mol. The second-order valence-corrected chi connectivity index (χ2v) is 5.44. The van der Waals surface area contributed by atoms with E-state index < -0.39 is 5.97 Å². The third-order valence-electron chi connectivity index (χ3n) is 4.05. The Labute approximate surface area is 136 Å². The van der Waals surface area contributed by atoms with Crippen LogP contribution in [0.3, 0.4) is 0 Å². The molecule has 4 rings (SSSR count). The maximum absolute atomic E-state index is 11.4. The normalized spacial score (nSPS) is 11.2. The summed E-state index contributed by atoms with van der Waals surface area (Å²) in [6, 6.07) is 9.02. The van der Waals surface area contributed by atoms with Gasteiger partial charge in [-0.05, 0) is 18.2 Å². The predicted octanol–water partition coefficient (Wildman–Crippen LogP) is 2.82. The van der Waals surface area contributed by atoms with Crippen molar-refractivity contribution >= 4 is 27.9 Å². The minimum Gasteiger partial charge on any atom is -0.494 e. The molecule has 0 saturated heterocycles. The number of aromatic amines is 1. The fourth-order valence-corrected chi connectivity index (χ4v) is 3.01. The molecule has 1 aromatic carbocycles. The van der Waals surface area contributed by atoms with Crippen LogP contribution in [0, 0.1) is 0 Å². The fourth-order valence-electron chi connectivity index (χ4n) is 3.01. The van der Waals surface area contributed by atoms with E-state index in [1.807, 2.05) is 31.3 Å². The number of benzene rings is 1. The molecule has 4 aromatic rings. The lowest BCUT2D eigenvalue weighted by Gasteiger charge is -2.01. The largest absolute Gasteiger partial charge is 0.494 e. The number of aromatic nitrogens is 4. The second kappa shape index (κ2) is 5.09. The van der Waals surface area contributed by atoms with Gasteiger partial charge in [0, 0.05) is 18.6 Å². The van der Waals surface area contributed by atoms with Crippen molar-refractivity contribution in [1.29, 1.82) is 0 Å². The molecule has 24 heavy (non-hydrogen) atoms. The van der Waals surface area contributed by atoms with E-state index in [0.29, 0.717) is 16.8 Å². The molecule has 7 nitrogen and oxygen atoms in total. The standard InChI is InChI=1S/C17H14N4O3/c1-21-16(9-4-3-5-13(24-2)15(9)20-21)12-8-11-14(19-12)10(17(22)23)6-7-18-11/h3-8,19H,1-2H3,(H,22,23). The van der Waals surface area contributed by atoms with Crippen LogP contribution in [0.4, 0.5) is 0 Å². The van der Waals surface area contributed by atoms with Crippen LogP contribution in [0.5, 0.6) is 5.75 Å². The summed E-state index contributed by atoms with van der Waals surface area (Å²) in [5.41, 5.74) is 3.64. The van der Waals surface area contributed by atoms with Crippen LogP contribution in [0.2, 0.25) is 0 Å². The summed E-state index contributed by atoms with van der Waals surface area (Å²) in [6.45, 7) is 0. The van der Waals surface area contributed by atoms with E-state index in [2.05, 4.69) is 15.1 Å². The van der Waals surface area contributed by atoms with E-state index in [1.165, 1.54) is 12.3 Å². The van der Waals surface area contributed by atoms with Crippen molar-refractivity contribution in [1.82, 2.24) is 19.7 Å². The van der Waals surface area contributed by atoms with Gasteiger partial charge in [-0.25, -0.2) is 4.79 Å². The first-order chi connectivity index (χ1) is 11.6. The number of nitrogens with one attached hydrogen (secondary N) is 1. The Balaban J connectivity index is 2.02. The van der Waals surface area contributed by atoms with E-state index in [9.17, 15) is 9.90 Å². The number of carboxylic acids is 1. The van der Waals surface area contributed by atoms with Crippen molar-refractivity contribution in [2.45, 2.75) is 0 Å². The Morgan fingerprint density at radius 3 is 2.92 bits per heavy atom. The number of nitrogens with zero attached hydrogens (tertiary/aromatic N) is 3. The summed E-state index contributed by atoms with van der Waals surface area (Å²) < 4.78 is 7.11. The highest BCUT2D eigenvalue weighted by molar-refractivity contribution is 6.03. The molecule has 0 fully saturated rings. The Kier molecular flexibility index (Phi) is 3.02. The first-order valence-electron chi connectivity index (χ1n) is 7.31. The molecule has 0 saturated carbocycles. The van der Waals surface area contributed by atoms with Crippen LogP contribution >= 0.6 is 0 Å². The molecular weight excluding hydrogens is 308 g/mol. The third-order valence-corrected chi connectivity index (χ3v) is 4.05. The second-order valence-electron chi connectivity index (χ2n) is 5.44. The van der Waals surface area contributed by atoms with Crippen LogP contribution < -0.4 is 4.74 Å². The smallest absolute Gasteiger partial charge is 0.337 e. The van der Waals surface area contributed by atoms with Gasteiger partial charge in [0.2, 0.25) is 0 Å².